The molecule has 106 valence electrons. The molecule has 0 spiro atoms. The highest BCUT2D eigenvalue weighted by molar-refractivity contribution is 8.00. The van der Waals surface area contributed by atoms with Gasteiger partial charge in [0.2, 0.25) is 5.91 Å². The largest absolute Gasteiger partial charge is 0.311 e. The molecule has 2 atom stereocenters. The molecule has 2 aliphatic rings. The Morgan fingerprint density at radius 3 is 3.00 bits per heavy atom. The Bertz CT molecular complexity index is 525. The van der Waals surface area contributed by atoms with Gasteiger partial charge in [0.1, 0.15) is 0 Å². The fraction of sp³-hybridized carbons (Fsp3) is 0.471. The lowest BCUT2D eigenvalue weighted by atomic mass is 10.0. The number of rotatable bonds is 2. The highest BCUT2D eigenvalue weighted by Gasteiger charge is 2.25. The molecule has 0 saturated heterocycles. The van der Waals surface area contributed by atoms with Gasteiger partial charge in [0.25, 0.3) is 0 Å². The SMILES string of the molecule is CC1CCN(C(=O)CC2C=CCC2)c2ccccc2S1. The first kappa shape index (κ1) is 13.7. The van der Waals surface area contributed by atoms with Crippen LogP contribution >= 0.6 is 11.8 Å². The molecule has 0 saturated carbocycles. The van der Waals surface area contributed by atoms with E-state index in [9.17, 15) is 4.79 Å². The third-order valence-corrected chi connectivity index (χ3v) is 5.33. The number of amides is 1. The second-order valence-corrected chi connectivity index (χ2v) is 7.18. The van der Waals surface area contributed by atoms with Gasteiger partial charge in [-0.3, -0.25) is 4.79 Å². The average Bonchev–Trinajstić information content (AvgIpc) is 2.87. The molecule has 3 heteroatoms. The van der Waals surface area contributed by atoms with E-state index in [0.29, 0.717) is 17.6 Å². The molecule has 0 bridgehead atoms. The maximum absolute atomic E-state index is 12.7. The minimum Gasteiger partial charge on any atom is -0.311 e. The van der Waals surface area contributed by atoms with Crippen molar-refractivity contribution in [1.82, 2.24) is 0 Å². The van der Waals surface area contributed by atoms with E-state index in [1.807, 2.05) is 22.7 Å². The maximum Gasteiger partial charge on any atom is 0.227 e. The van der Waals surface area contributed by atoms with Crippen molar-refractivity contribution < 1.29 is 4.79 Å². The van der Waals surface area contributed by atoms with Crippen molar-refractivity contribution in [3.05, 3.63) is 36.4 Å². The van der Waals surface area contributed by atoms with Crippen LogP contribution in [-0.2, 0) is 4.79 Å². The Labute approximate surface area is 125 Å². The van der Waals surface area contributed by atoms with Crippen LogP contribution in [0.15, 0.2) is 41.3 Å². The molecule has 1 aliphatic heterocycles. The number of thioether (sulfide) groups is 1. The Morgan fingerprint density at radius 2 is 2.20 bits per heavy atom. The minimum absolute atomic E-state index is 0.281. The Kier molecular flexibility index (Phi) is 4.16. The zero-order valence-corrected chi connectivity index (χ0v) is 12.7. The van der Waals surface area contributed by atoms with Gasteiger partial charge in [0.05, 0.1) is 5.69 Å². The second-order valence-electron chi connectivity index (χ2n) is 5.70. The number of carbonyl (C=O) groups excluding carboxylic acids is 1. The summed E-state index contributed by atoms with van der Waals surface area (Å²) < 4.78 is 0. The van der Waals surface area contributed by atoms with E-state index in [-0.39, 0.29) is 5.91 Å². The van der Waals surface area contributed by atoms with Crippen molar-refractivity contribution in [3.8, 4) is 0 Å². The van der Waals surface area contributed by atoms with Gasteiger partial charge in [-0.15, -0.1) is 11.8 Å². The van der Waals surface area contributed by atoms with Gasteiger partial charge in [-0.2, -0.15) is 0 Å². The van der Waals surface area contributed by atoms with Crippen molar-refractivity contribution in [2.75, 3.05) is 11.4 Å². The molecule has 2 nitrogen and oxygen atoms in total. The van der Waals surface area contributed by atoms with E-state index in [1.165, 1.54) is 4.90 Å². The Balaban J connectivity index is 1.81. The molecule has 0 aromatic heterocycles. The van der Waals surface area contributed by atoms with E-state index in [1.54, 1.807) is 0 Å². The van der Waals surface area contributed by atoms with Crippen LogP contribution in [0.25, 0.3) is 0 Å². The van der Waals surface area contributed by atoms with Crippen molar-refractivity contribution in [2.45, 2.75) is 42.8 Å². The summed E-state index contributed by atoms with van der Waals surface area (Å²) in [5.74, 6) is 0.728. The van der Waals surface area contributed by atoms with Crippen molar-refractivity contribution in [1.29, 1.82) is 0 Å². The van der Waals surface area contributed by atoms with Crippen molar-refractivity contribution in [2.24, 2.45) is 5.92 Å². The van der Waals surface area contributed by atoms with Gasteiger partial charge in [-0.1, -0.05) is 31.2 Å². The van der Waals surface area contributed by atoms with Crippen LogP contribution in [0.3, 0.4) is 0 Å². The van der Waals surface area contributed by atoms with Gasteiger partial charge >= 0.3 is 0 Å². The van der Waals surface area contributed by atoms with Crippen LogP contribution in [0.2, 0.25) is 0 Å². The van der Waals surface area contributed by atoms with Crippen LogP contribution < -0.4 is 4.90 Å². The van der Waals surface area contributed by atoms with E-state index < -0.39 is 0 Å². The summed E-state index contributed by atoms with van der Waals surface area (Å²) in [7, 11) is 0. The van der Waals surface area contributed by atoms with Gasteiger partial charge < -0.3 is 4.90 Å². The summed E-state index contributed by atoms with van der Waals surface area (Å²) in [4.78, 5) is 15.9. The fourth-order valence-corrected chi connectivity index (χ4v) is 4.06. The quantitative estimate of drug-likeness (QED) is 0.757. The van der Waals surface area contributed by atoms with E-state index in [2.05, 4.69) is 37.3 Å². The number of nitrogens with zero attached hydrogens (tertiary/aromatic N) is 1. The normalized spacial score (nSPS) is 25.4. The monoisotopic (exact) mass is 287 g/mol. The molecular formula is C17H21NOS. The predicted octanol–water partition coefficient (Wildman–Crippen LogP) is 4.26. The second kappa shape index (κ2) is 6.04. The van der Waals surface area contributed by atoms with Gasteiger partial charge in [-0.05, 0) is 37.3 Å². The first-order chi connectivity index (χ1) is 9.74. The summed E-state index contributed by atoms with van der Waals surface area (Å²) in [5.41, 5.74) is 1.11. The number of benzene rings is 1. The smallest absolute Gasteiger partial charge is 0.227 e. The third kappa shape index (κ3) is 2.93. The van der Waals surface area contributed by atoms with E-state index in [0.717, 1.165) is 31.5 Å². The van der Waals surface area contributed by atoms with Gasteiger partial charge in [0, 0.05) is 23.1 Å². The molecule has 0 fully saturated rings. The first-order valence-electron chi connectivity index (χ1n) is 7.47. The van der Waals surface area contributed by atoms with Crippen LogP contribution in [0, 0.1) is 5.92 Å². The topological polar surface area (TPSA) is 20.3 Å². The van der Waals surface area contributed by atoms with Gasteiger partial charge in [0.15, 0.2) is 0 Å². The molecule has 0 radical (unpaired) electrons. The van der Waals surface area contributed by atoms with Crippen LogP contribution in [0.4, 0.5) is 5.69 Å². The minimum atomic E-state index is 0.281. The number of hydrogen-bond acceptors (Lipinski definition) is 2. The summed E-state index contributed by atoms with van der Waals surface area (Å²) in [5, 5.41) is 0.570. The first-order valence-corrected chi connectivity index (χ1v) is 8.34. The zero-order chi connectivity index (χ0) is 13.9. The zero-order valence-electron chi connectivity index (χ0n) is 11.9. The van der Waals surface area contributed by atoms with Crippen LogP contribution in [-0.4, -0.2) is 17.7 Å². The highest BCUT2D eigenvalue weighted by atomic mass is 32.2. The Hall–Kier alpha value is -1.22. The average molecular weight is 287 g/mol. The number of carbonyl (C=O) groups is 1. The molecule has 2 unspecified atom stereocenters. The fourth-order valence-electron chi connectivity index (χ4n) is 2.95. The predicted molar refractivity (Wildman–Crippen MR) is 85.2 cm³/mol. The maximum atomic E-state index is 12.7. The summed E-state index contributed by atoms with van der Waals surface area (Å²) in [6.07, 6.45) is 8.38. The van der Waals surface area contributed by atoms with Gasteiger partial charge in [-0.25, -0.2) is 0 Å². The van der Waals surface area contributed by atoms with Crippen molar-refractivity contribution in [3.63, 3.8) is 0 Å². The van der Waals surface area contributed by atoms with Crippen molar-refractivity contribution >= 4 is 23.4 Å². The molecular weight excluding hydrogens is 266 g/mol. The summed E-state index contributed by atoms with van der Waals surface area (Å²) in [6, 6.07) is 8.32. The van der Waals surface area contributed by atoms with E-state index in [4.69, 9.17) is 0 Å². The highest BCUT2D eigenvalue weighted by Crippen LogP contribution is 2.38. The standard InChI is InChI=1S/C17H21NOS/c1-13-10-11-18(15-8-4-5-9-16(15)20-13)17(19)12-14-6-2-3-7-14/h2,4-6,8-9,13-14H,3,7,10-12H2,1H3. The third-order valence-electron chi connectivity index (χ3n) is 4.09. The summed E-state index contributed by atoms with van der Waals surface area (Å²) in [6.45, 7) is 3.09. The Morgan fingerprint density at radius 1 is 1.35 bits per heavy atom. The number of allylic oxidation sites excluding steroid dienone is 2. The van der Waals surface area contributed by atoms with E-state index >= 15 is 0 Å². The van der Waals surface area contributed by atoms with Crippen LogP contribution in [0.1, 0.15) is 32.6 Å². The molecule has 0 N–H and O–H groups in total. The molecule has 20 heavy (non-hydrogen) atoms. The van der Waals surface area contributed by atoms with Crippen LogP contribution in [0.5, 0.6) is 0 Å². The molecule has 1 heterocycles. The number of anilines is 1. The summed E-state index contributed by atoms with van der Waals surface area (Å²) >= 11 is 1.89. The molecule has 1 aromatic rings. The lowest BCUT2D eigenvalue weighted by molar-refractivity contribution is -0.119. The number of hydrogen-bond donors (Lipinski definition) is 0. The number of para-hydroxylation sites is 1. The molecule has 1 aliphatic carbocycles. The molecule has 1 amide bonds. The lowest BCUT2D eigenvalue weighted by Gasteiger charge is -2.23. The molecule has 3 rings (SSSR count). The number of fused-ring (bicyclic) bond motifs is 1. The molecule has 1 aromatic carbocycles. The lowest BCUT2D eigenvalue weighted by Crippen LogP contribution is -2.33.